The van der Waals surface area contributed by atoms with Gasteiger partial charge in [0.25, 0.3) is 5.91 Å². The lowest BCUT2D eigenvalue weighted by Gasteiger charge is -2.30. The van der Waals surface area contributed by atoms with E-state index in [2.05, 4.69) is 27.3 Å². The summed E-state index contributed by atoms with van der Waals surface area (Å²) < 4.78 is 4.81. The van der Waals surface area contributed by atoms with Crippen LogP contribution in [0.5, 0.6) is 0 Å². The van der Waals surface area contributed by atoms with Crippen molar-refractivity contribution in [2.75, 3.05) is 13.1 Å². The Morgan fingerprint density at radius 1 is 1.24 bits per heavy atom. The largest absolute Gasteiger partial charge is 0.343 e. The molecular formula is C18H18N4O2S. The lowest BCUT2D eigenvalue weighted by atomic mass is 9.96. The molecule has 0 spiro atoms. The number of piperidine rings is 1. The molecule has 0 saturated carbocycles. The summed E-state index contributed by atoms with van der Waals surface area (Å²) in [6, 6.07) is 10.2. The number of carbonyl (C=O) groups excluding carboxylic acids is 1. The van der Waals surface area contributed by atoms with Gasteiger partial charge in [-0.05, 0) is 18.4 Å². The number of benzene rings is 1. The van der Waals surface area contributed by atoms with Crippen molar-refractivity contribution >= 4 is 17.2 Å². The second-order valence-electron chi connectivity index (χ2n) is 6.14. The molecule has 0 radical (unpaired) electrons. The molecule has 2 aromatic heterocycles. The van der Waals surface area contributed by atoms with E-state index in [0.717, 1.165) is 30.1 Å². The summed E-state index contributed by atoms with van der Waals surface area (Å²) in [6.45, 7) is 1.40. The molecule has 1 fully saturated rings. The molecule has 1 amide bonds. The van der Waals surface area contributed by atoms with Crippen LogP contribution in [0.1, 0.15) is 45.6 Å². The average molecular weight is 354 g/mol. The molecule has 7 heteroatoms. The van der Waals surface area contributed by atoms with Crippen molar-refractivity contribution in [3.8, 4) is 0 Å². The van der Waals surface area contributed by atoms with Gasteiger partial charge in [-0.3, -0.25) is 4.79 Å². The van der Waals surface area contributed by atoms with E-state index in [4.69, 9.17) is 4.52 Å². The van der Waals surface area contributed by atoms with Crippen LogP contribution in [0.2, 0.25) is 0 Å². The molecule has 1 aromatic carbocycles. The maximum atomic E-state index is 12.7. The lowest BCUT2D eigenvalue weighted by molar-refractivity contribution is 0.0705. The fourth-order valence-corrected chi connectivity index (χ4v) is 3.92. The number of hydrogen-bond donors (Lipinski definition) is 0. The fraction of sp³-hybridized carbons (Fsp3) is 0.333. The highest BCUT2D eigenvalue weighted by atomic mass is 32.1. The molecule has 1 aliphatic rings. The molecule has 3 heterocycles. The monoisotopic (exact) mass is 354 g/mol. The van der Waals surface area contributed by atoms with Crippen LogP contribution in [-0.4, -0.2) is 39.0 Å². The van der Waals surface area contributed by atoms with Crippen LogP contribution < -0.4 is 0 Å². The second kappa shape index (κ2) is 7.14. The van der Waals surface area contributed by atoms with Gasteiger partial charge in [0.1, 0.15) is 5.69 Å². The molecule has 4 rings (SSSR count). The maximum Gasteiger partial charge on any atom is 0.273 e. The zero-order valence-electron chi connectivity index (χ0n) is 13.7. The minimum absolute atomic E-state index is 0.0159. The Kier molecular flexibility index (Phi) is 4.56. The molecule has 0 aliphatic carbocycles. The minimum Gasteiger partial charge on any atom is -0.343 e. The number of aromatic nitrogens is 3. The number of amides is 1. The number of nitrogens with zero attached hydrogens (tertiary/aromatic N) is 4. The average Bonchev–Trinajstić information content (AvgIpc) is 3.34. The molecule has 128 valence electrons. The summed E-state index contributed by atoms with van der Waals surface area (Å²) in [5, 5.41) is 6.75. The third-order valence-corrected chi connectivity index (χ3v) is 5.34. The Balaban J connectivity index is 1.37. The first kappa shape index (κ1) is 16.0. The van der Waals surface area contributed by atoms with E-state index in [-0.39, 0.29) is 11.8 Å². The summed E-state index contributed by atoms with van der Waals surface area (Å²) >= 11 is 1.54. The molecule has 0 N–H and O–H groups in total. The summed E-state index contributed by atoms with van der Waals surface area (Å²) in [4.78, 5) is 23.2. The zero-order valence-corrected chi connectivity index (χ0v) is 14.5. The maximum absolute atomic E-state index is 12.7. The van der Waals surface area contributed by atoms with Crippen molar-refractivity contribution in [1.82, 2.24) is 20.0 Å². The van der Waals surface area contributed by atoms with E-state index in [0.29, 0.717) is 18.8 Å². The Morgan fingerprint density at radius 2 is 2.04 bits per heavy atom. The molecule has 0 bridgehead atoms. The third kappa shape index (κ3) is 3.61. The number of carbonyl (C=O) groups is 1. The quantitative estimate of drug-likeness (QED) is 0.720. The minimum atomic E-state index is 0.0159. The van der Waals surface area contributed by atoms with Gasteiger partial charge in [0, 0.05) is 30.8 Å². The van der Waals surface area contributed by atoms with E-state index in [1.54, 1.807) is 11.3 Å². The van der Waals surface area contributed by atoms with Crippen molar-refractivity contribution in [3.63, 3.8) is 0 Å². The van der Waals surface area contributed by atoms with Gasteiger partial charge in [0.15, 0.2) is 5.82 Å². The van der Waals surface area contributed by atoms with Crippen molar-refractivity contribution in [2.24, 2.45) is 0 Å². The lowest BCUT2D eigenvalue weighted by Crippen LogP contribution is -2.38. The summed E-state index contributed by atoms with van der Waals surface area (Å²) in [5.41, 5.74) is 1.76. The third-order valence-electron chi connectivity index (χ3n) is 4.49. The predicted molar refractivity (Wildman–Crippen MR) is 93.5 cm³/mol. The van der Waals surface area contributed by atoms with Gasteiger partial charge in [-0.25, -0.2) is 4.98 Å². The van der Waals surface area contributed by atoms with Crippen LogP contribution >= 0.6 is 11.3 Å². The zero-order chi connectivity index (χ0) is 17.1. The van der Waals surface area contributed by atoms with Crippen LogP contribution in [-0.2, 0) is 6.42 Å². The molecule has 1 saturated heterocycles. The van der Waals surface area contributed by atoms with Gasteiger partial charge in [0.05, 0.1) is 5.01 Å². The first-order valence-electron chi connectivity index (χ1n) is 8.33. The van der Waals surface area contributed by atoms with Gasteiger partial charge < -0.3 is 9.42 Å². The number of thiazole rings is 1. The van der Waals surface area contributed by atoms with Crippen molar-refractivity contribution < 1.29 is 9.32 Å². The topological polar surface area (TPSA) is 72.1 Å². The normalized spacial score (nSPS) is 15.4. The van der Waals surface area contributed by atoms with E-state index < -0.39 is 0 Å². The van der Waals surface area contributed by atoms with Gasteiger partial charge in [0.2, 0.25) is 6.39 Å². The van der Waals surface area contributed by atoms with Crippen LogP contribution in [0.4, 0.5) is 0 Å². The number of hydrogen-bond acceptors (Lipinski definition) is 6. The van der Waals surface area contributed by atoms with Gasteiger partial charge >= 0.3 is 0 Å². The van der Waals surface area contributed by atoms with Crippen LogP contribution in [0.25, 0.3) is 0 Å². The highest BCUT2D eigenvalue weighted by Gasteiger charge is 2.27. The van der Waals surface area contributed by atoms with Crippen molar-refractivity contribution in [3.05, 3.63) is 64.2 Å². The highest BCUT2D eigenvalue weighted by Crippen LogP contribution is 2.26. The van der Waals surface area contributed by atoms with E-state index in [9.17, 15) is 4.79 Å². The van der Waals surface area contributed by atoms with Crippen molar-refractivity contribution in [2.45, 2.75) is 25.2 Å². The van der Waals surface area contributed by atoms with Crippen LogP contribution in [0.3, 0.4) is 0 Å². The second-order valence-corrected chi connectivity index (χ2v) is 7.09. The van der Waals surface area contributed by atoms with Gasteiger partial charge in [-0.1, -0.05) is 35.5 Å². The van der Waals surface area contributed by atoms with Crippen LogP contribution in [0.15, 0.2) is 46.6 Å². The molecular weight excluding hydrogens is 336 g/mol. The highest BCUT2D eigenvalue weighted by molar-refractivity contribution is 7.09. The summed E-state index contributed by atoms with van der Waals surface area (Å²) in [5.74, 6) is 1.03. The molecule has 0 atom stereocenters. The number of rotatable bonds is 4. The molecule has 6 nitrogen and oxygen atoms in total. The Morgan fingerprint density at radius 3 is 2.76 bits per heavy atom. The standard InChI is InChI=1S/C18H18N4O2S/c23-18(22-8-6-14(7-9-22)17-19-12-24-21-17)15-11-25-16(20-15)10-13-4-2-1-3-5-13/h1-5,11-12,14H,6-10H2. The van der Waals surface area contributed by atoms with E-state index in [1.165, 1.54) is 12.0 Å². The van der Waals surface area contributed by atoms with E-state index >= 15 is 0 Å². The van der Waals surface area contributed by atoms with Crippen molar-refractivity contribution in [1.29, 1.82) is 0 Å². The first-order chi connectivity index (χ1) is 12.3. The fourth-order valence-electron chi connectivity index (χ4n) is 3.12. The molecule has 25 heavy (non-hydrogen) atoms. The molecule has 0 unspecified atom stereocenters. The van der Waals surface area contributed by atoms with Crippen LogP contribution in [0, 0.1) is 0 Å². The Labute approximate surface area is 149 Å². The molecule has 1 aliphatic heterocycles. The molecule has 3 aromatic rings. The van der Waals surface area contributed by atoms with E-state index in [1.807, 2.05) is 28.5 Å². The first-order valence-corrected chi connectivity index (χ1v) is 9.21. The summed E-state index contributed by atoms with van der Waals surface area (Å²) in [7, 11) is 0. The Hall–Kier alpha value is -2.54. The van der Waals surface area contributed by atoms with Gasteiger partial charge in [-0.15, -0.1) is 11.3 Å². The SMILES string of the molecule is O=C(c1csc(Cc2ccccc2)n1)N1CCC(c2ncon2)CC1. The summed E-state index contributed by atoms with van der Waals surface area (Å²) in [6.07, 6.45) is 3.83. The smallest absolute Gasteiger partial charge is 0.273 e. The number of likely N-dealkylation sites (tertiary alicyclic amines) is 1. The Bertz CT molecular complexity index is 824. The van der Waals surface area contributed by atoms with Gasteiger partial charge in [-0.2, -0.15) is 4.98 Å². The predicted octanol–water partition coefficient (Wildman–Crippen LogP) is 3.14.